The number of rotatable bonds is 2. The molecule has 1 heterocycles. The van der Waals surface area contributed by atoms with Crippen LogP contribution < -0.4 is 0 Å². The Balaban J connectivity index is 2.07. The van der Waals surface area contributed by atoms with Crippen molar-refractivity contribution < 1.29 is 4.74 Å². The largest absolute Gasteiger partial charge is 0.476 e. The van der Waals surface area contributed by atoms with Crippen LogP contribution >= 0.6 is 0 Å². The fourth-order valence-electron chi connectivity index (χ4n) is 2.01. The zero-order valence-electron chi connectivity index (χ0n) is 10.4. The predicted octanol–water partition coefficient (Wildman–Crippen LogP) is 3.72. The molecule has 1 saturated heterocycles. The van der Waals surface area contributed by atoms with Gasteiger partial charge in [0.1, 0.15) is 6.10 Å². The highest BCUT2D eigenvalue weighted by Gasteiger charge is 2.38. The van der Waals surface area contributed by atoms with Gasteiger partial charge in [0.15, 0.2) is 5.90 Å². The van der Waals surface area contributed by atoms with Crippen molar-refractivity contribution >= 4 is 11.6 Å². The van der Waals surface area contributed by atoms with E-state index >= 15 is 0 Å². The standard InChI is InChI=1S/C14H19NO/c1-9(2)13-11(4)14(16-13)15-12-7-5-10(3)6-8-12/h5-9,11,13H,1-4H3. The third kappa shape index (κ3) is 2.11. The van der Waals surface area contributed by atoms with Gasteiger partial charge in [0.05, 0.1) is 11.6 Å². The van der Waals surface area contributed by atoms with E-state index in [2.05, 4.69) is 44.8 Å². The highest BCUT2D eigenvalue weighted by atomic mass is 16.5. The molecule has 1 aliphatic heterocycles. The maximum absolute atomic E-state index is 5.70. The molecule has 0 amide bonds. The molecule has 2 rings (SSSR count). The van der Waals surface area contributed by atoms with E-state index in [0.29, 0.717) is 17.9 Å². The SMILES string of the molecule is Cc1ccc(N=C2OC(C(C)C)C2C)cc1. The van der Waals surface area contributed by atoms with Crippen molar-refractivity contribution in [1.82, 2.24) is 0 Å². The summed E-state index contributed by atoms with van der Waals surface area (Å²) in [6.07, 6.45) is 0.337. The van der Waals surface area contributed by atoms with Crippen LogP contribution in [0.3, 0.4) is 0 Å². The normalized spacial score (nSPS) is 26.7. The molecule has 2 heteroatoms. The average Bonchev–Trinajstić information content (AvgIpc) is 2.25. The number of benzene rings is 1. The molecule has 1 fully saturated rings. The van der Waals surface area contributed by atoms with Crippen molar-refractivity contribution in [3.05, 3.63) is 29.8 Å². The third-order valence-electron chi connectivity index (χ3n) is 3.07. The summed E-state index contributed by atoms with van der Waals surface area (Å²) in [5, 5.41) is 0. The highest BCUT2D eigenvalue weighted by Crippen LogP contribution is 2.31. The maximum Gasteiger partial charge on any atom is 0.195 e. The summed E-state index contributed by atoms with van der Waals surface area (Å²) in [6, 6.07) is 8.20. The molecule has 1 aromatic carbocycles. The van der Waals surface area contributed by atoms with Crippen molar-refractivity contribution in [2.75, 3.05) is 0 Å². The highest BCUT2D eigenvalue weighted by molar-refractivity contribution is 5.86. The Kier molecular flexibility index (Phi) is 2.99. The molecular weight excluding hydrogens is 198 g/mol. The van der Waals surface area contributed by atoms with Crippen LogP contribution in [0.2, 0.25) is 0 Å². The van der Waals surface area contributed by atoms with Gasteiger partial charge in [-0.2, -0.15) is 0 Å². The van der Waals surface area contributed by atoms with Crippen molar-refractivity contribution in [2.45, 2.75) is 33.8 Å². The van der Waals surface area contributed by atoms with Gasteiger partial charge in [0.25, 0.3) is 0 Å². The van der Waals surface area contributed by atoms with Crippen LogP contribution in [0.25, 0.3) is 0 Å². The first-order chi connectivity index (χ1) is 7.58. The average molecular weight is 217 g/mol. The number of ether oxygens (including phenoxy) is 1. The minimum Gasteiger partial charge on any atom is -0.476 e. The number of hydrogen-bond donors (Lipinski definition) is 0. The molecule has 1 aliphatic rings. The molecule has 1 aromatic rings. The first-order valence-electron chi connectivity index (χ1n) is 5.90. The Bertz CT molecular complexity index is 392. The van der Waals surface area contributed by atoms with Gasteiger partial charge in [0.2, 0.25) is 0 Å². The molecule has 0 aliphatic carbocycles. The summed E-state index contributed by atoms with van der Waals surface area (Å²) in [5.74, 6) is 1.89. The smallest absolute Gasteiger partial charge is 0.195 e. The lowest BCUT2D eigenvalue weighted by molar-refractivity contribution is 0.0284. The summed E-state index contributed by atoms with van der Waals surface area (Å²) in [4.78, 5) is 4.51. The zero-order valence-corrected chi connectivity index (χ0v) is 10.4. The number of hydrogen-bond acceptors (Lipinski definition) is 2. The van der Waals surface area contributed by atoms with Gasteiger partial charge in [-0.3, -0.25) is 0 Å². The Morgan fingerprint density at radius 2 is 1.81 bits per heavy atom. The van der Waals surface area contributed by atoms with Gasteiger partial charge in [-0.25, -0.2) is 4.99 Å². The minimum absolute atomic E-state index is 0.337. The second-order valence-electron chi connectivity index (χ2n) is 4.90. The molecule has 2 unspecified atom stereocenters. The fraction of sp³-hybridized carbons (Fsp3) is 0.500. The molecule has 0 saturated carbocycles. The Morgan fingerprint density at radius 3 is 2.31 bits per heavy atom. The van der Waals surface area contributed by atoms with Gasteiger partial charge in [-0.05, 0) is 25.0 Å². The van der Waals surface area contributed by atoms with E-state index in [9.17, 15) is 0 Å². The van der Waals surface area contributed by atoms with Crippen LogP contribution in [0.4, 0.5) is 5.69 Å². The van der Waals surface area contributed by atoms with Crippen molar-refractivity contribution in [1.29, 1.82) is 0 Å². The first-order valence-corrected chi connectivity index (χ1v) is 5.90. The molecule has 0 bridgehead atoms. The maximum atomic E-state index is 5.70. The summed E-state index contributed by atoms with van der Waals surface area (Å²) >= 11 is 0. The summed E-state index contributed by atoms with van der Waals surface area (Å²) in [5.41, 5.74) is 2.24. The lowest BCUT2D eigenvalue weighted by Crippen LogP contribution is -2.46. The van der Waals surface area contributed by atoms with E-state index in [0.717, 1.165) is 11.6 Å². The van der Waals surface area contributed by atoms with Gasteiger partial charge in [-0.1, -0.05) is 38.5 Å². The molecule has 86 valence electrons. The second kappa shape index (κ2) is 4.28. The lowest BCUT2D eigenvalue weighted by Gasteiger charge is -2.39. The van der Waals surface area contributed by atoms with E-state index in [-0.39, 0.29) is 0 Å². The van der Waals surface area contributed by atoms with Crippen LogP contribution in [0.1, 0.15) is 26.3 Å². The van der Waals surface area contributed by atoms with Crippen LogP contribution in [-0.4, -0.2) is 12.0 Å². The van der Waals surface area contributed by atoms with Gasteiger partial charge < -0.3 is 4.74 Å². The van der Waals surface area contributed by atoms with Crippen LogP contribution in [-0.2, 0) is 4.74 Å². The first kappa shape index (κ1) is 11.2. The predicted molar refractivity (Wildman–Crippen MR) is 67.1 cm³/mol. The number of nitrogens with zero attached hydrogens (tertiary/aromatic N) is 1. The zero-order chi connectivity index (χ0) is 11.7. The van der Waals surface area contributed by atoms with E-state index in [4.69, 9.17) is 4.74 Å². The van der Waals surface area contributed by atoms with E-state index in [1.165, 1.54) is 5.56 Å². The molecule has 0 N–H and O–H groups in total. The summed E-state index contributed by atoms with van der Waals surface area (Å²) in [6.45, 7) is 8.63. The number of aliphatic imine (C=N–C) groups is 1. The monoisotopic (exact) mass is 217 g/mol. The van der Waals surface area contributed by atoms with Crippen LogP contribution in [0, 0.1) is 18.8 Å². The van der Waals surface area contributed by atoms with E-state index < -0.39 is 0 Å². The van der Waals surface area contributed by atoms with Gasteiger partial charge in [0, 0.05) is 0 Å². The van der Waals surface area contributed by atoms with Crippen molar-refractivity contribution in [2.24, 2.45) is 16.8 Å². The quantitative estimate of drug-likeness (QED) is 0.740. The molecular formula is C14H19NO. The van der Waals surface area contributed by atoms with Crippen molar-refractivity contribution in [3.8, 4) is 0 Å². The molecule has 0 spiro atoms. The number of aryl methyl sites for hydroxylation is 1. The molecule has 16 heavy (non-hydrogen) atoms. The Hall–Kier alpha value is -1.31. The van der Waals surface area contributed by atoms with Crippen molar-refractivity contribution in [3.63, 3.8) is 0 Å². The summed E-state index contributed by atoms with van der Waals surface area (Å²) < 4.78 is 5.70. The fourth-order valence-corrected chi connectivity index (χ4v) is 2.01. The van der Waals surface area contributed by atoms with Crippen LogP contribution in [0.5, 0.6) is 0 Å². The molecule has 2 atom stereocenters. The molecule has 0 aromatic heterocycles. The Labute approximate surface area is 97.4 Å². The van der Waals surface area contributed by atoms with Gasteiger partial charge >= 0.3 is 0 Å². The summed E-state index contributed by atoms with van der Waals surface area (Å²) in [7, 11) is 0. The lowest BCUT2D eigenvalue weighted by atomic mass is 9.89. The van der Waals surface area contributed by atoms with E-state index in [1.54, 1.807) is 0 Å². The Morgan fingerprint density at radius 1 is 1.19 bits per heavy atom. The van der Waals surface area contributed by atoms with Crippen LogP contribution in [0.15, 0.2) is 29.3 Å². The van der Waals surface area contributed by atoms with Gasteiger partial charge in [-0.15, -0.1) is 0 Å². The molecule has 0 radical (unpaired) electrons. The minimum atomic E-state index is 0.337. The topological polar surface area (TPSA) is 21.6 Å². The second-order valence-corrected chi connectivity index (χ2v) is 4.90. The third-order valence-corrected chi connectivity index (χ3v) is 3.07. The van der Waals surface area contributed by atoms with E-state index in [1.807, 2.05) is 12.1 Å². The molecule has 2 nitrogen and oxygen atoms in total.